The molecule has 3 nitrogen and oxygen atoms in total. The summed E-state index contributed by atoms with van der Waals surface area (Å²) in [7, 11) is 0. The molecule has 0 aliphatic carbocycles. The van der Waals surface area contributed by atoms with Gasteiger partial charge in [0.25, 0.3) is 0 Å². The van der Waals surface area contributed by atoms with Crippen molar-refractivity contribution in [1.29, 1.82) is 0 Å². The van der Waals surface area contributed by atoms with Gasteiger partial charge in [-0.15, -0.1) is 0 Å². The van der Waals surface area contributed by atoms with Gasteiger partial charge in [0.1, 0.15) is 0 Å². The third-order valence-electron chi connectivity index (χ3n) is 3.24. The fraction of sp³-hybridized carbons (Fsp3) is 0.429. The molecule has 0 bridgehead atoms. The summed E-state index contributed by atoms with van der Waals surface area (Å²) in [5, 5.41) is 0. The van der Waals surface area contributed by atoms with Crippen molar-refractivity contribution in [2.75, 3.05) is 0 Å². The monoisotopic (exact) mass is 229 g/mol. The number of hydrogen-bond acceptors (Lipinski definition) is 3. The van der Waals surface area contributed by atoms with Gasteiger partial charge >= 0.3 is 0 Å². The third-order valence-corrected chi connectivity index (χ3v) is 3.24. The van der Waals surface area contributed by atoms with Gasteiger partial charge in [-0.05, 0) is 30.0 Å². The Labute approximate surface area is 102 Å². The average Bonchev–Trinajstić information content (AvgIpc) is 2.37. The number of hydrogen-bond donors (Lipinski definition) is 1. The van der Waals surface area contributed by atoms with E-state index in [9.17, 15) is 0 Å². The molecule has 2 rings (SSSR count). The first kappa shape index (κ1) is 12.0. The molecule has 17 heavy (non-hydrogen) atoms. The van der Waals surface area contributed by atoms with E-state index in [0.717, 1.165) is 23.0 Å². The van der Waals surface area contributed by atoms with Crippen LogP contribution in [0.15, 0.2) is 30.6 Å². The summed E-state index contributed by atoms with van der Waals surface area (Å²) in [5.41, 5.74) is 9.26. The first-order valence-corrected chi connectivity index (χ1v) is 6.18. The Morgan fingerprint density at radius 1 is 1.18 bits per heavy atom. The molecule has 2 N–H and O–H groups in total. The molecule has 0 aliphatic rings. The molecular weight excluding hydrogens is 210 g/mol. The van der Waals surface area contributed by atoms with Crippen molar-refractivity contribution in [1.82, 2.24) is 9.97 Å². The Morgan fingerprint density at radius 2 is 1.88 bits per heavy atom. The fourth-order valence-electron chi connectivity index (χ4n) is 2.15. The van der Waals surface area contributed by atoms with E-state index in [4.69, 9.17) is 5.73 Å². The zero-order valence-electron chi connectivity index (χ0n) is 10.4. The molecule has 1 heterocycles. The highest BCUT2D eigenvalue weighted by Gasteiger charge is 2.14. The van der Waals surface area contributed by atoms with Gasteiger partial charge in [-0.1, -0.05) is 26.3 Å². The molecule has 3 heteroatoms. The maximum atomic E-state index is 6.27. The van der Waals surface area contributed by atoms with Crippen LogP contribution in [-0.4, -0.2) is 9.97 Å². The normalized spacial score (nSPS) is 14.8. The Bertz CT molecular complexity index is 496. The van der Waals surface area contributed by atoms with Crippen LogP contribution in [0.1, 0.15) is 38.3 Å². The van der Waals surface area contributed by atoms with Crippen molar-refractivity contribution >= 4 is 11.0 Å². The minimum atomic E-state index is 0.0846. The second-order valence-corrected chi connectivity index (χ2v) is 4.60. The lowest BCUT2D eigenvalue weighted by atomic mass is 9.91. The van der Waals surface area contributed by atoms with E-state index in [1.165, 1.54) is 6.42 Å². The second kappa shape index (κ2) is 5.23. The topological polar surface area (TPSA) is 51.8 Å². The molecule has 2 atom stereocenters. The standard InChI is InChI=1S/C14H19N3/c1-3-4-10(2)14(15)11-5-6-12-13(9-11)17-8-7-16-12/h5-10,14H,3-4,15H2,1-2H3. The van der Waals surface area contributed by atoms with Gasteiger partial charge in [0, 0.05) is 18.4 Å². The van der Waals surface area contributed by atoms with Gasteiger partial charge in [0.2, 0.25) is 0 Å². The lowest BCUT2D eigenvalue weighted by Crippen LogP contribution is -2.18. The Hall–Kier alpha value is -1.48. The molecule has 0 aliphatic heterocycles. The number of aromatic nitrogens is 2. The first-order valence-electron chi connectivity index (χ1n) is 6.18. The zero-order valence-corrected chi connectivity index (χ0v) is 10.4. The molecule has 0 spiro atoms. The molecule has 0 saturated carbocycles. The summed E-state index contributed by atoms with van der Waals surface area (Å²) in [4.78, 5) is 8.57. The third kappa shape index (κ3) is 2.61. The predicted octanol–water partition coefficient (Wildman–Crippen LogP) is 3.07. The van der Waals surface area contributed by atoms with Crippen molar-refractivity contribution in [2.24, 2.45) is 11.7 Å². The molecule has 2 aromatic rings. The number of nitrogens with zero attached hydrogens (tertiary/aromatic N) is 2. The molecule has 0 saturated heterocycles. The van der Waals surface area contributed by atoms with E-state index in [-0.39, 0.29) is 6.04 Å². The van der Waals surface area contributed by atoms with E-state index >= 15 is 0 Å². The van der Waals surface area contributed by atoms with Crippen LogP contribution in [0.2, 0.25) is 0 Å². The molecule has 1 aromatic carbocycles. The fourth-order valence-corrected chi connectivity index (χ4v) is 2.15. The highest BCUT2D eigenvalue weighted by atomic mass is 14.8. The maximum Gasteiger partial charge on any atom is 0.0890 e. The largest absolute Gasteiger partial charge is 0.324 e. The first-order chi connectivity index (χ1) is 8.22. The summed E-state index contributed by atoms with van der Waals surface area (Å²) in [6.45, 7) is 4.39. The molecule has 90 valence electrons. The van der Waals surface area contributed by atoms with Gasteiger partial charge in [-0.25, -0.2) is 0 Å². The van der Waals surface area contributed by atoms with Crippen LogP contribution in [0.4, 0.5) is 0 Å². The summed E-state index contributed by atoms with van der Waals surface area (Å²) in [5.74, 6) is 0.495. The van der Waals surface area contributed by atoms with Crippen LogP contribution in [0.25, 0.3) is 11.0 Å². The SMILES string of the molecule is CCCC(C)C(N)c1ccc2nccnc2c1. The Balaban J connectivity index is 2.29. The number of benzene rings is 1. The lowest BCUT2D eigenvalue weighted by molar-refractivity contribution is 0.434. The summed E-state index contributed by atoms with van der Waals surface area (Å²) < 4.78 is 0. The van der Waals surface area contributed by atoms with Crippen molar-refractivity contribution in [3.63, 3.8) is 0 Å². The van der Waals surface area contributed by atoms with Gasteiger partial charge in [0.05, 0.1) is 11.0 Å². The van der Waals surface area contributed by atoms with Crippen LogP contribution in [-0.2, 0) is 0 Å². The van der Waals surface area contributed by atoms with E-state index in [2.05, 4.69) is 35.9 Å². The van der Waals surface area contributed by atoms with Crippen LogP contribution in [0.3, 0.4) is 0 Å². The summed E-state index contributed by atoms with van der Waals surface area (Å²) >= 11 is 0. The Kier molecular flexibility index (Phi) is 3.69. The van der Waals surface area contributed by atoms with Crippen LogP contribution >= 0.6 is 0 Å². The van der Waals surface area contributed by atoms with Crippen LogP contribution < -0.4 is 5.73 Å². The van der Waals surface area contributed by atoms with Crippen LogP contribution in [0.5, 0.6) is 0 Å². The highest BCUT2D eigenvalue weighted by molar-refractivity contribution is 5.74. The maximum absolute atomic E-state index is 6.27. The molecule has 0 radical (unpaired) electrons. The van der Waals surface area contributed by atoms with E-state index in [1.54, 1.807) is 12.4 Å². The summed E-state index contributed by atoms with van der Waals surface area (Å²) in [6.07, 6.45) is 5.75. The molecule has 2 unspecified atom stereocenters. The lowest BCUT2D eigenvalue weighted by Gasteiger charge is -2.19. The molecule has 0 fully saturated rings. The van der Waals surface area contributed by atoms with E-state index in [0.29, 0.717) is 5.92 Å². The van der Waals surface area contributed by atoms with Crippen molar-refractivity contribution in [2.45, 2.75) is 32.7 Å². The van der Waals surface area contributed by atoms with Gasteiger partial charge in [-0.3, -0.25) is 9.97 Å². The smallest absolute Gasteiger partial charge is 0.0890 e. The van der Waals surface area contributed by atoms with Crippen molar-refractivity contribution < 1.29 is 0 Å². The van der Waals surface area contributed by atoms with Gasteiger partial charge in [-0.2, -0.15) is 0 Å². The zero-order chi connectivity index (χ0) is 12.3. The van der Waals surface area contributed by atoms with E-state index in [1.807, 2.05) is 6.07 Å². The predicted molar refractivity (Wildman–Crippen MR) is 70.5 cm³/mol. The number of nitrogens with two attached hydrogens (primary N) is 1. The minimum absolute atomic E-state index is 0.0846. The molecular formula is C14H19N3. The van der Waals surface area contributed by atoms with E-state index < -0.39 is 0 Å². The molecule has 0 amide bonds. The summed E-state index contributed by atoms with van der Waals surface area (Å²) in [6, 6.07) is 6.20. The number of fused-ring (bicyclic) bond motifs is 1. The van der Waals surface area contributed by atoms with Gasteiger partial charge < -0.3 is 5.73 Å². The second-order valence-electron chi connectivity index (χ2n) is 4.60. The number of rotatable bonds is 4. The highest BCUT2D eigenvalue weighted by Crippen LogP contribution is 2.24. The van der Waals surface area contributed by atoms with Crippen LogP contribution in [0, 0.1) is 5.92 Å². The van der Waals surface area contributed by atoms with Crippen molar-refractivity contribution in [3.8, 4) is 0 Å². The molecule has 1 aromatic heterocycles. The minimum Gasteiger partial charge on any atom is -0.324 e. The van der Waals surface area contributed by atoms with Gasteiger partial charge in [0.15, 0.2) is 0 Å². The average molecular weight is 229 g/mol. The quantitative estimate of drug-likeness (QED) is 0.876. The Morgan fingerprint density at radius 3 is 2.59 bits per heavy atom. The van der Waals surface area contributed by atoms with Crippen molar-refractivity contribution in [3.05, 3.63) is 36.2 Å².